The van der Waals surface area contributed by atoms with E-state index in [-0.39, 0.29) is 5.91 Å². The summed E-state index contributed by atoms with van der Waals surface area (Å²) in [6.07, 6.45) is 2.58. The molecule has 0 spiro atoms. The monoisotopic (exact) mass is 207 g/mol. The molecular weight excluding hydrogens is 194 g/mol. The van der Waals surface area contributed by atoms with E-state index >= 15 is 0 Å². The summed E-state index contributed by atoms with van der Waals surface area (Å²) in [6.45, 7) is 2.85. The van der Waals surface area contributed by atoms with Crippen LogP contribution in [0, 0.1) is 0 Å². The highest BCUT2D eigenvalue weighted by atomic mass is 79.9. The minimum Gasteiger partial charge on any atom is -0.356 e. The fourth-order valence-corrected chi connectivity index (χ4v) is 0.861. The summed E-state index contributed by atoms with van der Waals surface area (Å²) < 4.78 is 0. The van der Waals surface area contributed by atoms with Crippen LogP contribution in [-0.2, 0) is 4.79 Å². The third-order valence-corrected chi connectivity index (χ3v) is 1.67. The quantitative estimate of drug-likeness (QED) is 0.684. The van der Waals surface area contributed by atoms with Crippen LogP contribution in [0.5, 0.6) is 0 Å². The van der Waals surface area contributed by atoms with E-state index in [1.807, 2.05) is 6.92 Å². The molecule has 0 aliphatic carbocycles. The van der Waals surface area contributed by atoms with Gasteiger partial charge >= 0.3 is 0 Å². The summed E-state index contributed by atoms with van der Waals surface area (Å²) in [5.41, 5.74) is 0. The van der Waals surface area contributed by atoms with Crippen LogP contribution in [0.25, 0.3) is 0 Å². The smallest absolute Gasteiger partial charge is 0.220 e. The van der Waals surface area contributed by atoms with Crippen LogP contribution < -0.4 is 5.32 Å². The third-order valence-electron chi connectivity index (χ3n) is 1.11. The zero-order valence-electron chi connectivity index (χ0n) is 6.32. The highest BCUT2D eigenvalue weighted by molar-refractivity contribution is 9.09. The Labute approximate surface area is 70.5 Å². The molecule has 60 valence electrons. The second-order valence-corrected chi connectivity index (χ2v) is 2.94. The van der Waals surface area contributed by atoms with Crippen molar-refractivity contribution in [2.45, 2.75) is 26.2 Å². The molecule has 2 nitrogen and oxygen atoms in total. The van der Waals surface area contributed by atoms with Crippen LogP contribution >= 0.6 is 15.9 Å². The first kappa shape index (κ1) is 9.95. The van der Waals surface area contributed by atoms with Gasteiger partial charge in [-0.3, -0.25) is 4.79 Å². The summed E-state index contributed by atoms with van der Waals surface area (Å²) >= 11 is 3.27. The average molecular weight is 208 g/mol. The van der Waals surface area contributed by atoms with Gasteiger partial charge in [0.05, 0.1) is 0 Å². The molecular formula is C7H14BrNO. The topological polar surface area (TPSA) is 29.1 Å². The minimum atomic E-state index is 0.168. The van der Waals surface area contributed by atoms with E-state index in [2.05, 4.69) is 21.2 Å². The van der Waals surface area contributed by atoms with Crippen LogP contribution in [0.3, 0.4) is 0 Å². The molecule has 1 amide bonds. The van der Waals surface area contributed by atoms with Gasteiger partial charge in [-0.05, 0) is 12.8 Å². The summed E-state index contributed by atoms with van der Waals surface area (Å²) in [6, 6.07) is 0. The Balaban J connectivity index is 3.09. The molecule has 0 radical (unpaired) electrons. The van der Waals surface area contributed by atoms with Gasteiger partial charge in [-0.1, -0.05) is 22.9 Å². The molecule has 0 aliphatic rings. The predicted molar refractivity (Wildman–Crippen MR) is 46.3 cm³/mol. The number of carbonyl (C=O) groups excluding carboxylic acids is 1. The molecule has 0 saturated heterocycles. The Morgan fingerprint density at radius 1 is 1.60 bits per heavy atom. The molecule has 3 heteroatoms. The van der Waals surface area contributed by atoms with Gasteiger partial charge in [-0.15, -0.1) is 0 Å². The van der Waals surface area contributed by atoms with Crippen molar-refractivity contribution in [3.8, 4) is 0 Å². The van der Waals surface area contributed by atoms with Crippen molar-refractivity contribution in [1.29, 1.82) is 0 Å². The molecule has 0 bridgehead atoms. The van der Waals surface area contributed by atoms with E-state index in [9.17, 15) is 4.79 Å². The number of hydrogen-bond donors (Lipinski definition) is 1. The Bertz CT molecular complexity index is 85.6. The molecule has 0 fully saturated rings. The van der Waals surface area contributed by atoms with E-state index in [4.69, 9.17) is 0 Å². The van der Waals surface area contributed by atoms with Crippen LogP contribution in [0.2, 0.25) is 0 Å². The molecule has 0 rings (SSSR count). The van der Waals surface area contributed by atoms with Gasteiger partial charge in [-0.2, -0.15) is 0 Å². The zero-order valence-corrected chi connectivity index (χ0v) is 7.91. The number of hydrogen-bond acceptors (Lipinski definition) is 1. The molecule has 0 atom stereocenters. The lowest BCUT2D eigenvalue weighted by atomic mass is 10.3. The zero-order chi connectivity index (χ0) is 7.82. The van der Waals surface area contributed by atoms with Crippen molar-refractivity contribution in [2.24, 2.45) is 0 Å². The van der Waals surface area contributed by atoms with E-state index in [0.717, 1.165) is 24.7 Å². The Hall–Kier alpha value is -0.0500. The van der Waals surface area contributed by atoms with Crippen molar-refractivity contribution >= 4 is 21.8 Å². The summed E-state index contributed by atoms with van der Waals surface area (Å²) in [7, 11) is 0. The van der Waals surface area contributed by atoms with Crippen LogP contribution in [0.4, 0.5) is 0 Å². The van der Waals surface area contributed by atoms with Crippen LogP contribution in [-0.4, -0.2) is 17.8 Å². The Kier molecular flexibility index (Phi) is 7.03. The van der Waals surface area contributed by atoms with Crippen molar-refractivity contribution in [3.63, 3.8) is 0 Å². The van der Waals surface area contributed by atoms with Crippen molar-refractivity contribution in [1.82, 2.24) is 5.32 Å². The third kappa shape index (κ3) is 6.08. The second kappa shape index (κ2) is 7.06. The Morgan fingerprint density at radius 3 is 2.80 bits per heavy atom. The maximum atomic E-state index is 10.8. The highest BCUT2D eigenvalue weighted by Gasteiger charge is 1.96. The highest BCUT2D eigenvalue weighted by Crippen LogP contribution is 1.92. The lowest BCUT2D eigenvalue weighted by Crippen LogP contribution is -2.23. The van der Waals surface area contributed by atoms with E-state index < -0.39 is 0 Å². The molecule has 10 heavy (non-hydrogen) atoms. The van der Waals surface area contributed by atoms with Gasteiger partial charge in [-0.25, -0.2) is 0 Å². The molecule has 0 aliphatic heterocycles. The van der Waals surface area contributed by atoms with E-state index in [1.165, 1.54) is 0 Å². The molecule has 0 saturated carbocycles. The largest absolute Gasteiger partial charge is 0.356 e. The van der Waals surface area contributed by atoms with Gasteiger partial charge in [0.2, 0.25) is 5.91 Å². The van der Waals surface area contributed by atoms with Gasteiger partial charge < -0.3 is 5.32 Å². The summed E-state index contributed by atoms with van der Waals surface area (Å²) in [5.74, 6) is 0.168. The number of amides is 1. The number of carbonyl (C=O) groups is 1. The van der Waals surface area contributed by atoms with Gasteiger partial charge in [0, 0.05) is 18.3 Å². The minimum absolute atomic E-state index is 0.168. The average Bonchev–Trinajstić information content (AvgIpc) is 1.97. The fourth-order valence-electron chi connectivity index (χ4n) is 0.580. The second-order valence-electron chi connectivity index (χ2n) is 2.14. The summed E-state index contributed by atoms with van der Waals surface area (Å²) in [5, 5.41) is 3.72. The van der Waals surface area contributed by atoms with Gasteiger partial charge in [0.1, 0.15) is 0 Å². The number of alkyl halides is 1. The van der Waals surface area contributed by atoms with Crippen molar-refractivity contribution in [3.05, 3.63) is 0 Å². The first-order chi connectivity index (χ1) is 4.81. The molecule has 0 unspecified atom stereocenters. The maximum Gasteiger partial charge on any atom is 0.220 e. The fraction of sp³-hybridized carbons (Fsp3) is 0.857. The standard InChI is InChI=1S/C7H14BrNO/c1-2-6-9-7(10)4-3-5-8/h2-6H2,1H3,(H,9,10). The molecule has 0 heterocycles. The lowest BCUT2D eigenvalue weighted by Gasteiger charge is -2.00. The number of nitrogens with one attached hydrogen (secondary N) is 1. The Morgan fingerprint density at radius 2 is 2.30 bits per heavy atom. The SMILES string of the molecule is CCCNC(=O)CCCBr. The summed E-state index contributed by atoms with van der Waals surface area (Å²) in [4.78, 5) is 10.8. The first-order valence-electron chi connectivity index (χ1n) is 3.64. The number of rotatable bonds is 5. The molecule has 0 aromatic carbocycles. The maximum absolute atomic E-state index is 10.8. The molecule has 1 N–H and O–H groups in total. The molecule has 0 aromatic rings. The predicted octanol–water partition coefficient (Wildman–Crippen LogP) is 1.69. The first-order valence-corrected chi connectivity index (χ1v) is 4.76. The normalized spacial score (nSPS) is 9.40. The van der Waals surface area contributed by atoms with Gasteiger partial charge in [0.25, 0.3) is 0 Å². The van der Waals surface area contributed by atoms with Gasteiger partial charge in [0.15, 0.2) is 0 Å². The van der Waals surface area contributed by atoms with Crippen molar-refractivity contribution in [2.75, 3.05) is 11.9 Å². The van der Waals surface area contributed by atoms with E-state index in [1.54, 1.807) is 0 Å². The van der Waals surface area contributed by atoms with Crippen LogP contribution in [0.15, 0.2) is 0 Å². The van der Waals surface area contributed by atoms with E-state index in [0.29, 0.717) is 6.42 Å². The van der Waals surface area contributed by atoms with Crippen LogP contribution in [0.1, 0.15) is 26.2 Å². The molecule has 0 aromatic heterocycles. The van der Waals surface area contributed by atoms with Crippen molar-refractivity contribution < 1.29 is 4.79 Å². The lowest BCUT2D eigenvalue weighted by molar-refractivity contribution is -0.121. The number of halogens is 1.